The smallest absolute Gasteiger partial charge is 0.404 e. The molecule has 188 valence electrons. The van der Waals surface area contributed by atoms with Gasteiger partial charge in [0.1, 0.15) is 11.6 Å². The maximum atomic E-state index is 13.5. The van der Waals surface area contributed by atoms with Gasteiger partial charge in [-0.25, -0.2) is 17.8 Å². The molecule has 1 fully saturated rings. The van der Waals surface area contributed by atoms with Gasteiger partial charge in [0.25, 0.3) is 10.0 Å². The Labute approximate surface area is 204 Å². The summed E-state index contributed by atoms with van der Waals surface area (Å²) >= 11 is 5.81. The van der Waals surface area contributed by atoms with Crippen LogP contribution >= 0.6 is 11.6 Å². The highest BCUT2D eigenvalue weighted by Crippen LogP contribution is 2.37. The predicted octanol–water partition coefficient (Wildman–Crippen LogP) is 4.63. The third kappa shape index (κ3) is 5.88. The number of imidazole rings is 1. The van der Waals surface area contributed by atoms with Crippen LogP contribution in [0.1, 0.15) is 11.5 Å². The molecule has 1 aliphatic heterocycles. The van der Waals surface area contributed by atoms with E-state index >= 15 is 0 Å². The molecule has 7 nitrogen and oxygen atoms in total. The second-order valence-corrected chi connectivity index (χ2v) is 10.5. The molecule has 2 atom stereocenters. The largest absolute Gasteiger partial charge is 0.573 e. The predicted molar refractivity (Wildman–Crippen MR) is 121 cm³/mol. The first-order valence-corrected chi connectivity index (χ1v) is 12.3. The highest BCUT2D eigenvalue weighted by atomic mass is 35.5. The quantitative estimate of drug-likeness (QED) is 0.449. The highest BCUT2D eigenvalue weighted by Gasteiger charge is 2.41. The normalized spacial score (nSPS) is 19.1. The van der Waals surface area contributed by atoms with Gasteiger partial charge in [0.2, 0.25) is 0 Å². The van der Waals surface area contributed by atoms with Crippen LogP contribution in [0.3, 0.4) is 0 Å². The van der Waals surface area contributed by atoms with Gasteiger partial charge in [0.05, 0.1) is 11.3 Å². The van der Waals surface area contributed by atoms with Crippen LogP contribution < -0.4 is 10.1 Å². The van der Waals surface area contributed by atoms with E-state index in [0.717, 1.165) is 11.6 Å². The van der Waals surface area contributed by atoms with Crippen molar-refractivity contribution < 1.29 is 30.7 Å². The Bertz CT molecular complexity index is 1300. The number of halogens is 5. The Morgan fingerprint density at radius 1 is 1.17 bits per heavy atom. The number of rotatable bonds is 7. The van der Waals surface area contributed by atoms with E-state index in [1.54, 1.807) is 19.2 Å². The molecule has 3 aromatic rings. The van der Waals surface area contributed by atoms with Crippen molar-refractivity contribution >= 4 is 27.3 Å². The molecular formula is C22H21ClF4N4O3S. The third-order valence-electron chi connectivity index (χ3n) is 5.72. The highest BCUT2D eigenvalue weighted by molar-refractivity contribution is 7.89. The van der Waals surface area contributed by atoms with E-state index < -0.39 is 28.0 Å². The zero-order chi connectivity index (χ0) is 25.4. The van der Waals surface area contributed by atoms with Gasteiger partial charge in [0.15, 0.2) is 5.03 Å². The molecule has 13 heteroatoms. The maximum absolute atomic E-state index is 13.5. The second-order valence-electron chi connectivity index (χ2n) is 8.19. The lowest BCUT2D eigenvalue weighted by Gasteiger charge is -2.20. The van der Waals surface area contributed by atoms with E-state index in [9.17, 15) is 26.0 Å². The van der Waals surface area contributed by atoms with Crippen LogP contribution in [0, 0.1) is 11.7 Å². The van der Waals surface area contributed by atoms with Crippen molar-refractivity contribution in [2.24, 2.45) is 13.0 Å². The van der Waals surface area contributed by atoms with E-state index in [1.165, 1.54) is 45.7 Å². The van der Waals surface area contributed by atoms with E-state index in [2.05, 4.69) is 15.0 Å². The van der Waals surface area contributed by atoms with Gasteiger partial charge >= 0.3 is 6.36 Å². The molecule has 0 aliphatic carbocycles. The summed E-state index contributed by atoms with van der Waals surface area (Å²) in [6.45, 7) is 0.497. The van der Waals surface area contributed by atoms with Gasteiger partial charge in [-0.15, -0.1) is 13.2 Å². The number of alkyl halides is 3. The summed E-state index contributed by atoms with van der Waals surface area (Å²) in [5, 5.41) is 2.76. The lowest BCUT2D eigenvalue weighted by molar-refractivity contribution is -0.274. The standard InChI is InChI=1S/C22H21ClF4N4O3S/c1-30-12-21(29-13-30)35(32,33)31-10-15(18(11-31)14-2-4-16(24)5-3-14)9-28-17-6-7-19(23)20(8-17)34-22(25,26)27/h2-8,12-13,15,18,28H,9-11H2,1H3/t15-,18+/m1/s1. The van der Waals surface area contributed by atoms with Gasteiger partial charge in [0, 0.05) is 50.6 Å². The fourth-order valence-electron chi connectivity index (χ4n) is 4.04. The van der Waals surface area contributed by atoms with Crippen LogP contribution in [0.4, 0.5) is 23.2 Å². The molecule has 0 amide bonds. The topological polar surface area (TPSA) is 76.5 Å². The fourth-order valence-corrected chi connectivity index (χ4v) is 5.69. The van der Waals surface area contributed by atoms with Crippen molar-refractivity contribution in [1.29, 1.82) is 0 Å². The molecule has 4 rings (SSSR count). The average molecular weight is 533 g/mol. The monoisotopic (exact) mass is 532 g/mol. The van der Waals surface area contributed by atoms with Gasteiger partial charge in [-0.3, -0.25) is 0 Å². The van der Waals surface area contributed by atoms with Gasteiger partial charge in [-0.2, -0.15) is 4.31 Å². The molecule has 0 unspecified atom stereocenters. The molecule has 2 aromatic carbocycles. The zero-order valence-electron chi connectivity index (χ0n) is 18.3. The number of benzene rings is 2. The molecule has 0 radical (unpaired) electrons. The lowest BCUT2D eigenvalue weighted by atomic mass is 9.89. The van der Waals surface area contributed by atoms with Crippen LogP contribution in [-0.4, -0.2) is 48.3 Å². The number of aryl methyl sites for hydroxylation is 1. The van der Waals surface area contributed by atoms with Crippen LogP contribution in [-0.2, 0) is 17.1 Å². The first-order chi connectivity index (χ1) is 16.4. The average Bonchev–Trinajstić information content (AvgIpc) is 3.41. The number of nitrogens with zero attached hydrogens (tertiary/aromatic N) is 3. The third-order valence-corrected chi connectivity index (χ3v) is 7.75. The first-order valence-electron chi connectivity index (χ1n) is 10.4. The van der Waals surface area contributed by atoms with Crippen molar-refractivity contribution in [2.45, 2.75) is 17.3 Å². The van der Waals surface area contributed by atoms with Crippen molar-refractivity contribution in [3.05, 3.63) is 71.4 Å². The van der Waals surface area contributed by atoms with Crippen molar-refractivity contribution in [1.82, 2.24) is 13.9 Å². The first kappa shape index (κ1) is 25.3. The SMILES string of the molecule is Cn1cnc(S(=O)(=O)N2C[C@@H](CNc3ccc(Cl)c(OC(F)(F)F)c3)[C@H](c3ccc(F)cc3)C2)c1. The molecule has 0 saturated carbocycles. The lowest BCUT2D eigenvalue weighted by Crippen LogP contribution is -2.30. The Morgan fingerprint density at radius 3 is 2.51 bits per heavy atom. The number of anilines is 1. The molecule has 1 N–H and O–H groups in total. The van der Waals surface area contributed by atoms with Gasteiger partial charge < -0.3 is 14.6 Å². The van der Waals surface area contributed by atoms with Gasteiger partial charge in [-0.05, 0) is 35.7 Å². The van der Waals surface area contributed by atoms with Crippen LogP contribution in [0.25, 0.3) is 0 Å². The Kier molecular flexibility index (Phi) is 6.98. The number of sulfonamides is 1. The summed E-state index contributed by atoms with van der Waals surface area (Å²) in [7, 11) is -2.22. The second kappa shape index (κ2) is 9.67. The molecule has 35 heavy (non-hydrogen) atoms. The number of hydrogen-bond acceptors (Lipinski definition) is 5. The minimum atomic E-state index is -4.90. The molecule has 0 spiro atoms. The number of ether oxygens (including phenoxy) is 1. The molecule has 1 aromatic heterocycles. The fraction of sp³-hybridized carbons (Fsp3) is 0.318. The van der Waals surface area contributed by atoms with E-state index in [0.29, 0.717) is 5.69 Å². The molecule has 2 heterocycles. The minimum absolute atomic E-state index is 0.0851. The Hall–Kier alpha value is -2.83. The van der Waals surface area contributed by atoms with Crippen LogP contribution in [0.15, 0.2) is 60.0 Å². The van der Waals surface area contributed by atoms with E-state index in [-0.39, 0.29) is 41.5 Å². The molecular weight excluding hydrogens is 512 g/mol. The number of hydrogen-bond donors (Lipinski definition) is 1. The summed E-state index contributed by atoms with van der Waals surface area (Å²) < 4.78 is 84.5. The summed E-state index contributed by atoms with van der Waals surface area (Å²) in [5.74, 6) is -1.54. The van der Waals surface area contributed by atoms with E-state index in [1.807, 2.05) is 0 Å². The minimum Gasteiger partial charge on any atom is -0.404 e. The van der Waals surface area contributed by atoms with Crippen molar-refractivity contribution in [3.8, 4) is 5.75 Å². The molecule has 1 saturated heterocycles. The van der Waals surface area contributed by atoms with Crippen LogP contribution in [0.5, 0.6) is 5.75 Å². The zero-order valence-corrected chi connectivity index (χ0v) is 19.9. The van der Waals surface area contributed by atoms with Crippen molar-refractivity contribution in [3.63, 3.8) is 0 Å². The van der Waals surface area contributed by atoms with Gasteiger partial charge in [-0.1, -0.05) is 23.7 Å². The molecule has 1 aliphatic rings. The van der Waals surface area contributed by atoms with E-state index in [4.69, 9.17) is 11.6 Å². The summed E-state index contributed by atoms with van der Waals surface area (Å²) in [4.78, 5) is 3.96. The summed E-state index contributed by atoms with van der Waals surface area (Å²) in [6, 6.07) is 9.69. The Morgan fingerprint density at radius 2 is 1.89 bits per heavy atom. The number of nitrogens with one attached hydrogen (secondary N) is 1. The number of aromatic nitrogens is 2. The maximum Gasteiger partial charge on any atom is 0.573 e. The Balaban J connectivity index is 1.56. The summed E-state index contributed by atoms with van der Waals surface area (Å²) in [5.41, 5.74) is 1.06. The van der Waals surface area contributed by atoms with Crippen LogP contribution in [0.2, 0.25) is 5.02 Å². The molecule has 0 bridgehead atoms. The van der Waals surface area contributed by atoms with Crippen molar-refractivity contribution in [2.75, 3.05) is 25.0 Å². The summed E-state index contributed by atoms with van der Waals surface area (Å²) in [6.07, 6.45) is -2.11.